The molecule has 133 heavy (non-hydrogen) atoms. The zero-order valence-electron chi connectivity index (χ0n) is 72.9. The van der Waals surface area contributed by atoms with Gasteiger partial charge in [0.1, 0.15) is 44.7 Å². The summed E-state index contributed by atoms with van der Waals surface area (Å²) in [6, 6.07) is 166. The van der Waals surface area contributed by atoms with Crippen molar-refractivity contribution in [3.63, 3.8) is 0 Å². The Hall–Kier alpha value is -17.3. The Balaban J connectivity index is 0.000000139. The Morgan fingerprint density at radius 1 is 0.158 bits per heavy atom. The predicted molar refractivity (Wildman–Crippen MR) is 557 cm³/mol. The normalized spacial score (nSPS) is 12.3. The number of hydrogen-bond donors (Lipinski definition) is 0. The average molecular weight is 1700 g/mol. The number of benzene rings is 22. The number of hydrogen-bond acceptors (Lipinski definition) is 6. The zero-order chi connectivity index (χ0) is 87.9. The molecular weight excluding hydrogens is 1620 g/mol. The van der Waals surface area contributed by atoms with Crippen LogP contribution in [0.1, 0.15) is 25.0 Å². The van der Waals surface area contributed by atoms with Crippen molar-refractivity contribution in [2.24, 2.45) is 0 Å². The molecule has 0 atom stereocenters. The van der Waals surface area contributed by atoms with E-state index < -0.39 is 0 Å². The smallest absolute Gasteiger partial charge is 0.143 e. The van der Waals surface area contributed by atoms with Gasteiger partial charge < -0.3 is 27.5 Å². The van der Waals surface area contributed by atoms with E-state index in [4.69, 9.17) is 17.7 Å². The van der Waals surface area contributed by atoms with Crippen molar-refractivity contribution >= 4 is 165 Å². The summed E-state index contributed by atoms with van der Waals surface area (Å²) in [5.74, 6) is 0. The van der Waals surface area contributed by atoms with Crippen LogP contribution < -0.4 is 9.80 Å². The lowest BCUT2D eigenvalue weighted by atomic mass is 9.81. The topological polar surface area (TPSA) is 59.0 Å². The van der Waals surface area contributed by atoms with E-state index in [9.17, 15) is 0 Å². The molecule has 27 rings (SSSR count). The van der Waals surface area contributed by atoms with Crippen molar-refractivity contribution in [1.82, 2.24) is 0 Å². The van der Waals surface area contributed by atoms with Crippen molar-refractivity contribution in [3.05, 3.63) is 472 Å². The Bertz CT molecular complexity index is 8740. The van der Waals surface area contributed by atoms with Crippen molar-refractivity contribution in [1.29, 1.82) is 0 Å². The number of fused-ring (bicyclic) bond motifs is 23. The Labute approximate surface area is 767 Å². The number of nitrogens with zero attached hydrogens (tertiary/aromatic N) is 2. The van der Waals surface area contributed by atoms with Gasteiger partial charge in [-0.2, -0.15) is 0 Å². The first-order chi connectivity index (χ1) is 65.6. The summed E-state index contributed by atoms with van der Waals surface area (Å²) >= 11 is 0. The van der Waals surface area contributed by atoms with Crippen LogP contribution in [0.25, 0.3) is 220 Å². The monoisotopic (exact) mass is 1700 g/mol. The average Bonchev–Trinajstić information content (AvgIpc) is 1.58. The molecule has 0 amide bonds. The van der Waals surface area contributed by atoms with Gasteiger partial charge in [0.25, 0.3) is 0 Å². The molecule has 26 aromatic rings. The minimum atomic E-state index is -0.200. The molecule has 624 valence electrons. The van der Waals surface area contributed by atoms with Crippen LogP contribution in [-0.2, 0) is 5.41 Å². The maximum Gasteiger partial charge on any atom is 0.143 e. The van der Waals surface area contributed by atoms with Crippen LogP contribution >= 0.6 is 0 Å². The molecule has 0 saturated carbocycles. The van der Waals surface area contributed by atoms with Gasteiger partial charge in [-0.25, -0.2) is 0 Å². The molecule has 6 nitrogen and oxygen atoms in total. The van der Waals surface area contributed by atoms with Gasteiger partial charge in [-0.05, 0) is 279 Å². The highest BCUT2D eigenvalue weighted by Crippen LogP contribution is 2.53. The largest absolute Gasteiger partial charge is 0.455 e. The fraction of sp³-hybridized carbons (Fsp3) is 0.0236. The lowest BCUT2D eigenvalue weighted by Gasteiger charge is -2.28. The minimum absolute atomic E-state index is 0.200. The second kappa shape index (κ2) is 31.0. The highest BCUT2D eigenvalue weighted by atomic mass is 16.3. The Morgan fingerprint density at radius 2 is 0.383 bits per heavy atom. The molecule has 0 aliphatic heterocycles. The lowest BCUT2D eigenvalue weighted by molar-refractivity contribution is 0.660. The Morgan fingerprint density at radius 3 is 0.707 bits per heavy atom. The van der Waals surface area contributed by atoms with Crippen LogP contribution in [0.4, 0.5) is 34.1 Å². The van der Waals surface area contributed by atoms with Crippen molar-refractivity contribution in [2.45, 2.75) is 19.3 Å². The SMILES string of the molecule is CC1(C)c2cc(-c3ccccc3)ccc2-c2ccc(N(c3ccc(-c4ccc5c(c4)oc4c6ccccc6ccc54)cc3)c3ccc(-c4ccc5c(c4)oc4c6ccccc6ccc54)cc3)cc21.c1ccc(-c2cccc(-c3ccc(N(c4ccc(-c5ccc6c(c5)oc5c7ccccc7ccc65)cc4)c4ccc(-c5ccc6c(c5)oc5c7ccccc7ccc65)cc4)cc3)c2)cc1. The van der Waals surface area contributed by atoms with E-state index in [-0.39, 0.29) is 5.41 Å². The summed E-state index contributed by atoms with van der Waals surface area (Å²) in [6.45, 7) is 4.74. The van der Waals surface area contributed by atoms with Crippen molar-refractivity contribution < 1.29 is 17.7 Å². The summed E-state index contributed by atoms with van der Waals surface area (Å²) in [5, 5.41) is 18.3. The van der Waals surface area contributed by atoms with Crippen molar-refractivity contribution in [3.8, 4) is 89.0 Å². The zero-order valence-corrected chi connectivity index (χ0v) is 72.9. The third-order valence-electron chi connectivity index (χ3n) is 27.7. The van der Waals surface area contributed by atoms with Gasteiger partial charge in [0.2, 0.25) is 0 Å². The van der Waals surface area contributed by atoms with E-state index in [1.807, 2.05) is 0 Å². The van der Waals surface area contributed by atoms with Crippen LogP contribution in [0, 0.1) is 0 Å². The van der Waals surface area contributed by atoms with Crippen LogP contribution in [0.15, 0.2) is 479 Å². The molecule has 22 aromatic carbocycles. The van der Waals surface area contributed by atoms with Crippen LogP contribution in [-0.4, -0.2) is 0 Å². The molecule has 6 heteroatoms. The second-order valence-electron chi connectivity index (χ2n) is 35.7. The fourth-order valence-electron chi connectivity index (χ4n) is 20.8. The third-order valence-corrected chi connectivity index (χ3v) is 27.7. The first-order valence-electron chi connectivity index (χ1n) is 45.6. The van der Waals surface area contributed by atoms with E-state index in [1.54, 1.807) is 0 Å². The number of anilines is 6. The van der Waals surface area contributed by atoms with Gasteiger partial charge in [-0.1, -0.05) is 317 Å². The first-order valence-corrected chi connectivity index (χ1v) is 45.6. The van der Waals surface area contributed by atoms with Gasteiger partial charge in [0.05, 0.1) is 0 Å². The molecule has 0 fully saturated rings. The number of rotatable bonds is 13. The quantitative estimate of drug-likeness (QED) is 0.115. The van der Waals surface area contributed by atoms with E-state index in [1.165, 1.54) is 77.2 Å². The molecule has 1 aliphatic carbocycles. The molecular formula is C127H82N2O4. The predicted octanol–water partition coefficient (Wildman–Crippen LogP) is 36.5. The maximum atomic E-state index is 6.59. The molecule has 1 aliphatic rings. The first kappa shape index (κ1) is 76.9. The maximum absolute atomic E-state index is 6.59. The third kappa shape index (κ3) is 13.2. The van der Waals surface area contributed by atoms with Gasteiger partial charge in [-0.3, -0.25) is 0 Å². The number of furan rings is 4. The molecule has 0 radical (unpaired) electrons. The summed E-state index contributed by atoms with van der Waals surface area (Å²) in [6.07, 6.45) is 0. The van der Waals surface area contributed by atoms with E-state index >= 15 is 0 Å². The standard InChI is InChI=1S/C65H43NO2.C62H39NO2/c1-65(2)59-36-45(40-10-4-3-5-11-40)22-30-53(59)54-35-29-50(39-60(54)65)66(48-25-16-41(17-26-48)46-23-31-55-57-33-20-43-12-6-8-14-51(43)63(57)67-61(55)37-46)49-27-18-42(19-28-49)47-24-32-56-58-34-21-44-13-7-9-15-52(44)64(58)68-62(56)38-47;1-2-9-40(10-3-1)46-13-8-14-47(37-46)41-17-27-50(28-18-41)63(51-29-19-42(20-30-51)48-25-33-55-57-35-23-44-11-4-6-15-53(44)61(57)64-59(55)38-48)52-31-21-43(22-32-52)49-26-34-56-58-36-24-45-12-5-7-16-54(45)62(58)65-60(56)39-49/h3-39H,1-2H3;1-39H. The van der Waals surface area contributed by atoms with E-state index in [0.717, 1.165) is 188 Å². The van der Waals surface area contributed by atoms with Crippen LogP contribution in [0.3, 0.4) is 0 Å². The van der Waals surface area contributed by atoms with E-state index in [2.05, 4.69) is 485 Å². The molecule has 0 saturated heterocycles. The van der Waals surface area contributed by atoms with Crippen molar-refractivity contribution in [2.75, 3.05) is 9.80 Å². The highest BCUT2D eigenvalue weighted by Gasteiger charge is 2.37. The van der Waals surface area contributed by atoms with Gasteiger partial charge >= 0.3 is 0 Å². The molecule has 0 spiro atoms. The summed E-state index contributed by atoms with van der Waals surface area (Å²) in [5.41, 5.74) is 35.1. The Kier molecular flexibility index (Phi) is 17.9. The highest BCUT2D eigenvalue weighted by molar-refractivity contribution is 6.19. The van der Waals surface area contributed by atoms with Gasteiger partial charge in [-0.15, -0.1) is 0 Å². The van der Waals surface area contributed by atoms with E-state index in [0.29, 0.717) is 0 Å². The summed E-state index contributed by atoms with van der Waals surface area (Å²) in [7, 11) is 0. The molecule has 0 bridgehead atoms. The fourth-order valence-corrected chi connectivity index (χ4v) is 20.8. The van der Waals surface area contributed by atoms with Gasteiger partial charge in [0, 0.05) is 104 Å². The lowest BCUT2D eigenvalue weighted by Crippen LogP contribution is -2.16. The minimum Gasteiger partial charge on any atom is -0.455 e. The van der Waals surface area contributed by atoms with Gasteiger partial charge in [0.15, 0.2) is 0 Å². The summed E-state index contributed by atoms with van der Waals surface area (Å²) < 4.78 is 26.3. The molecule has 4 heterocycles. The summed E-state index contributed by atoms with van der Waals surface area (Å²) in [4.78, 5) is 4.72. The molecule has 0 unspecified atom stereocenters. The molecule has 0 N–H and O–H groups in total. The van der Waals surface area contributed by atoms with Crippen LogP contribution in [0.5, 0.6) is 0 Å². The second-order valence-corrected chi connectivity index (χ2v) is 35.7. The van der Waals surface area contributed by atoms with Crippen LogP contribution in [0.2, 0.25) is 0 Å². The molecule has 4 aromatic heterocycles.